The molecule has 0 spiro atoms. The summed E-state index contributed by atoms with van der Waals surface area (Å²) in [4.78, 5) is 0. The summed E-state index contributed by atoms with van der Waals surface area (Å²) in [5.41, 5.74) is 4.74. The van der Waals surface area contributed by atoms with Gasteiger partial charge in [0.15, 0.2) is 0 Å². The quantitative estimate of drug-likeness (QED) is 0.844. The molecule has 0 fully saturated rings. The topological polar surface area (TPSA) is 12.0 Å². The van der Waals surface area contributed by atoms with Crippen LogP contribution in [0.1, 0.15) is 63.8 Å². The van der Waals surface area contributed by atoms with E-state index in [4.69, 9.17) is 0 Å². The van der Waals surface area contributed by atoms with E-state index in [0.29, 0.717) is 6.04 Å². The van der Waals surface area contributed by atoms with Gasteiger partial charge in [0.05, 0.1) is 0 Å². The Kier molecular flexibility index (Phi) is 4.62. The number of rotatable bonds is 2. The highest BCUT2D eigenvalue weighted by Gasteiger charge is 2.24. The van der Waals surface area contributed by atoms with Crippen molar-refractivity contribution in [1.82, 2.24) is 5.32 Å². The molecule has 1 aromatic rings. The van der Waals surface area contributed by atoms with Crippen LogP contribution >= 0.6 is 11.8 Å². The molecule has 1 N–H and O–H groups in total. The normalized spacial score (nSPS) is 23.8. The van der Waals surface area contributed by atoms with Crippen LogP contribution in [0.15, 0.2) is 18.2 Å². The Bertz CT molecular complexity index is 433. The van der Waals surface area contributed by atoms with E-state index in [2.05, 4.69) is 69.9 Å². The first-order chi connectivity index (χ1) is 8.91. The van der Waals surface area contributed by atoms with E-state index in [-0.39, 0.29) is 5.41 Å². The van der Waals surface area contributed by atoms with Gasteiger partial charge in [0, 0.05) is 17.0 Å². The fraction of sp³-hybridized carbons (Fsp3) is 0.647. The van der Waals surface area contributed by atoms with Crippen LogP contribution in [-0.4, -0.2) is 11.8 Å². The second-order valence-corrected chi connectivity index (χ2v) is 8.06. The molecule has 106 valence electrons. The molecule has 1 aromatic carbocycles. The van der Waals surface area contributed by atoms with E-state index in [1.807, 2.05) is 0 Å². The van der Waals surface area contributed by atoms with Crippen LogP contribution in [0.25, 0.3) is 0 Å². The van der Waals surface area contributed by atoms with Gasteiger partial charge in [-0.1, -0.05) is 52.8 Å². The standard InChI is InChI=1S/C17H27NS/c1-6-18-16-9-12(2)19-11-13-7-8-14(10-15(13)16)17(3,4)5/h7-8,10,12,16,18H,6,9,11H2,1-5H3. The lowest BCUT2D eigenvalue weighted by molar-refractivity contribution is 0.512. The van der Waals surface area contributed by atoms with Crippen LogP contribution in [-0.2, 0) is 11.2 Å². The molecular weight excluding hydrogens is 250 g/mol. The molecule has 1 nitrogen and oxygen atoms in total. The summed E-state index contributed by atoms with van der Waals surface area (Å²) in [5.74, 6) is 1.16. The molecule has 0 amide bonds. The van der Waals surface area contributed by atoms with Crippen molar-refractivity contribution in [1.29, 1.82) is 0 Å². The Morgan fingerprint density at radius 2 is 2.05 bits per heavy atom. The SMILES string of the molecule is CCNC1CC(C)SCc2ccc(C(C)(C)C)cc21. The van der Waals surface area contributed by atoms with Crippen molar-refractivity contribution in [2.45, 2.75) is 63.5 Å². The maximum absolute atomic E-state index is 3.68. The molecule has 19 heavy (non-hydrogen) atoms. The van der Waals surface area contributed by atoms with Gasteiger partial charge in [-0.05, 0) is 35.1 Å². The molecule has 2 atom stereocenters. The third-order valence-electron chi connectivity index (χ3n) is 3.93. The lowest BCUT2D eigenvalue weighted by Crippen LogP contribution is -2.24. The number of fused-ring (bicyclic) bond motifs is 1. The van der Waals surface area contributed by atoms with E-state index in [1.165, 1.54) is 23.1 Å². The third-order valence-corrected chi connectivity index (χ3v) is 5.17. The largest absolute Gasteiger partial charge is 0.310 e. The Balaban J connectivity index is 2.41. The fourth-order valence-corrected chi connectivity index (χ4v) is 3.77. The Labute approximate surface area is 122 Å². The van der Waals surface area contributed by atoms with Gasteiger partial charge in [-0.25, -0.2) is 0 Å². The van der Waals surface area contributed by atoms with Gasteiger partial charge >= 0.3 is 0 Å². The van der Waals surface area contributed by atoms with Crippen molar-refractivity contribution in [3.63, 3.8) is 0 Å². The van der Waals surface area contributed by atoms with Gasteiger partial charge in [-0.15, -0.1) is 0 Å². The Hall–Kier alpha value is -0.470. The summed E-state index contributed by atoms with van der Waals surface area (Å²) in [6, 6.07) is 7.64. The highest BCUT2D eigenvalue weighted by Crippen LogP contribution is 2.37. The number of hydrogen-bond donors (Lipinski definition) is 1. The Morgan fingerprint density at radius 1 is 1.32 bits per heavy atom. The van der Waals surface area contributed by atoms with Crippen LogP contribution in [0.4, 0.5) is 0 Å². The number of nitrogens with one attached hydrogen (secondary N) is 1. The minimum absolute atomic E-state index is 0.233. The minimum Gasteiger partial charge on any atom is -0.310 e. The van der Waals surface area contributed by atoms with Gasteiger partial charge < -0.3 is 5.32 Å². The van der Waals surface area contributed by atoms with Crippen molar-refractivity contribution in [3.8, 4) is 0 Å². The summed E-state index contributed by atoms with van der Waals surface area (Å²) < 4.78 is 0. The van der Waals surface area contributed by atoms with Crippen molar-refractivity contribution >= 4 is 11.8 Å². The molecule has 2 rings (SSSR count). The maximum atomic E-state index is 3.68. The molecule has 0 saturated carbocycles. The lowest BCUT2D eigenvalue weighted by atomic mass is 9.84. The van der Waals surface area contributed by atoms with Gasteiger partial charge in [0.25, 0.3) is 0 Å². The van der Waals surface area contributed by atoms with Crippen molar-refractivity contribution in [3.05, 3.63) is 34.9 Å². The summed E-state index contributed by atoms with van der Waals surface area (Å²) in [6.45, 7) is 12.5. The second-order valence-electron chi connectivity index (χ2n) is 6.63. The van der Waals surface area contributed by atoms with Gasteiger partial charge in [0.2, 0.25) is 0 Å². The fourth-order valence-electron chi connectivity index (χ4n) is 2.72. The minimum atomic E-state index is 0.233. The number of thioether (sulfide) groups is 1. The predicted molar refractivity (Wildman–Crippen MR) is 86.9 cm³/mol. The van der Waals surface area contributed by atoms with E-state index in [0.717, 1.165) is 17.5 Å². The first-order valence-corrected chi connectivity index (χ1v) is 8.45. The van der Waals surface area contributed by atoms with E-state index in [1.54, 1.807) is 0 Å². The van der Waals surface area contributed by atoms with Gasteiger partial charge in [-0.3, -0.25) is 0 Å². The van der Waals surface area contributed by atoms with Crippen LogP contribution in [0.5, 0.6) is 0 Å². The van der Waals surface area contributed by atoms with Crippen molar-refractivity contribution in [2.24, 2.45) is 0 Å². The second kappa shape index (κ2) is 5.88. The summed E-state index contributed by atoms with van der Waals surface area (Å²) >= 11 is 2.08. The van der Waals surface area contributed by atoms with Gasteiger partial charge in [0.1, 0.15) is 0 Å². The summed E-state index contributed by atoms with van der Waals surface area (Å²) in [6.07, 6.45) is 1.24. The van der Waals surface area contributed by atoms with Crippen LogP contribution < -0.4 is 5.32 Å². The average molecular weight is 277 g/mol. The molecule has 1 aliphatic heterocycles. The third kappa shape index (κ3) is 3.55. The Morgan fingerprint density at radius 3 is 2.68 bits per heavy atom. The molecule has 0 aromatic heterocycles. The highest BCUT2D eigenvalue weighted by molar-refractivity contribution is 7.99. The molecule has 0 saturated heterocycles. The molecule has 2 heteroatoms. The van der Waals surface area contributed by atoms with E-state index < -0.39 is 0 Å². The van der Waals surface area contributed by atoms with Crippen LogP contribution in [0.3, 0.4) is 0 Å². The average Bonchev–Trinajstić information content (AvgIpc) is 2.48. The predicted octanol–water partition coefficient (Wildman–Crippen LogP) is 4.66. The molecule has 0 radical (unpaired) electrons. The van der Waals surface area contributed by atoms with Crippen molar-refractivity contribution in [2.75, 3.05) is 6.54 Å². The molecule has 1 aliphatic rings. The van der Waals surface area contributed by atoms with E-state index >= 15 is 0 Å². The molecule has 1 heterocycles. The van der Waals surface area contributed by atoms with Crippen LogP contribution in [0, 0.1) is 0 Å². The zero-order valence-corrected chi connectivity index (χ0v) is 13.7. The van der Waals surface area contributed by atoms with Gasteiger partial charge in [-0.2, -0.15) is 11.8 Å². The molecule has 0 bridgehead atoms. The first-order valence-electron chi connectivity index (χ1n) is 7.40. The smallest absolute Gasteiger partial charge is 0.0333 e. The molecule has 2 unspecified atom stereocenters. The molecule has 0 aliphatic carbocycles. The zero-order valence-electron chi connectivity index (χ0n) is 12.9. The summed E-state index contributed by atoms with van der Waals surface area (Å²) in [5, 5.41) is 4.41. The van der Waals surface area contributed by atoms with Crippen molar-refractivity contribution < 1.29 is 0 Å². The number of benzene rings is 1. The lowest BCUT2D eigenvalue weighted by Gasteiger charge is -2.24. The van der Waals surface area contributed by atoms with Crippen LogP contribution in [0.2, 0.25) is 0 Å². The monoisotopic (exact) mass is 277 g/mol. The van der Waals surface area contributed by atoms with E-state index in [9.17, 15) is 0 Å². The summed E-state index contributed by atoms with van der Waals surface area (Å²) in [7, 11) is 0. The number of hydrogen-bond acceptors (Lipinski definition) is 2. The molecular formula is C17H27NS. The highest BCUT2D eigenvalue weighted by atomic mass is 32.2. The maximum Gasteiger partial charge on any atom is 0.0333 e. The first kappa shape index (κ1) is 14.9. The zero-order chi connectivity index (χ0) is 14.0.